The van der Waals surface area contributed by atoms with Crippen LogP contribution in [0.1, 0.15) is 18.2 Å². The number of fused-ring (bicyclic) bond motifs is 1. The van der Waals surface area contributed by atoms with E-state index in [-0.39, 0.29) is 5.92 Å². The number of carbonyl (C=O) groups is 1. The average molecular weight is 231 g/mol. The van der Waals surface area contributed by atoms with Gasteiger partial charge in [-0.1, -0.05) is 19.1 Å². The van der Waals surface area contributed by atoms with Crippen LogP contribution in [0.15, 0.2) is 24.3 Å². The Kier molecular flexibility index (Phi) is 2.92. The van der Waals surface area contributed by atoms with Crippen molar-refractivity contribution in [1.82, 2.24) is 4.57 Å². The van der Waals surface area contributed by atoms with Crippen molar-refractivity contribution < 1.29 is 9.90 Å². The Bertz CT molecular complexity index is 569. The molecule has 3 heteroatoms. The molecule has 90 valence electrons. The molecule has 0 saturated heterocycles. The molecule has 3 nitrogen and oxygen atoms in total. The van der Waals surface area contributed by atoms with E-state index >= 15 is 0 Å². The second-order valence-electron chi connectivity index (χ2n) is 4.70. The monoisotopic (exact) mass is 231 g/mol. The van der Waals surface area contributed by atoms with Crippen molar-refractivity contribution in [3.8, 4) is 0 Å². The Labute approximate surface area is 101 Å². The van der Waals surface area contributed by atoms with Gasteiger partial charge < -0.3 is 9.67 Å². The van der Waals surface area contributed by atoms with Gasteiger partial charge in [-0.25, -0.2) is 0 Å². The van der Waals surface area contributed by atoms with Gasteiger partial charge in [-0.15, -0.1) is 0 Å². The average Bonchev–Trinajstić information content (AvgIpc) is 2.56. The van der Waals surface area contributed by atoms with Crippen LogP contribution in [0.3, 0.4) is 0 Å². The summed E-state index contributed by atoms with van der Waals surface area (Å²) in [4.78, 5) is 10.9. The van der Waals surface area contributed by atoms with E-state index in [1.807, 2.05) is 7.05 Å². The lowest BCUT2D eigenvalue weighted by molar-refractivity contribution is -0.141. The Morgan fingerprint density at radius 2 is 2.12 bits per heavy atom. The van der Waals surface area contributed by atoms with E-state index in [1.54, 1.807) is 6.92 Å². The molecule has 0 aliphatic heterocycles. The van der Waals surface area contributed by atoms with Gasteiger partial charge in [0.05, 0.1) is 5.92 Å². The zero-order chi connectivity index (χ0) is 12.6. The molecule has 0 bridgehead atoms. The number of carboxylic acids is 1. The van der Waals surface area contributed by atoms with Crippen molar-refractivity contribution in [2.45, 2.75) is 20.3 Å². The van der Waals surface area contributed by atoms with Gasteiger partial charge in [-0.3, -0.25) is 4.79 Å². The molecule has 2 aromatic rings. The van der Waals surface area contributed by atoms with Gasteiger partial charge >= 0.3 is 5.97 Å². The molecule has 0 fully saturated rings. The molecule has 1 heterocycles. The maximum Gasteiger partial charge on any atom is 0.306 e. The summed E-state index contributed by atoms with van der Waals surface area (Å²) in [5.74, 6) is -1.09. The molecule has 17 heavy (non-hydrogen) atoms. The van der Waals surface area contributed by atoms with Crippen molar-refractivity contribution in [2.24, 2.45) is 13.0 Å². The molecule has 1 atom stereocenters. The number of aliphatic carboxylic acids is 1. The Balaban J connectivity index is 2.42. The zero-order valence-electron chi connectivity index (χ0n) is 10.4. The van der Waals surface area contributed by atoms with Crippen LogP contribution in [0.2, 0.25) is 0 Å². The Morgan fingerprint density at radius 1 is 1.41 bits per heavy atom. The first-order chi connectivity index (χ1) is 7.99. The third kappa shape index (κ3) is 2.18. The van der Waals surface area contributed by atoms with Gasteiger partial charge in [0.2, 0.25) is 0 Å². The first kappa shape index (κ1) is 11.7. The number of hydrogen-bond acceptors (Lipinski definition) is 1. The van der Waals surface area contributed by atoms with E-state index < -0.39 is 5.97 Å². The molecule has 0 radical (unpaired) electrons. The highest BCUT2D eigenvalue weighted by atomic mass is 16.4. The quantitative estimate of drug-likeness (QED) is 0.882. The first-order valence-electron chi connectivity index (χ1n) is 5.77. The summed E-state index contributed by atoms with van der Waals surface area (Å²) in [6.45, 7) is 3.80. The lowest BCUT2D eigenvalue weighted by Gasteiger charge is -2.07. The molecule has 1 unspecified atom stereocenters. The standard InChI is InChI=1S/C14H17NO2/c1-9-4-5-11-8-12(7-10(2)14(16)17)15(3)13(11)6-9/h4-6,8,10H,7H2,1-3H3,(H,16,17). The fraction of sp³-hybridized carbons (Fsp3) is 0.357. The summed E-state index contributed by atoms with van der Waals surface area (Å²) in [7, 11) is 1.99. The lowest BCUT2D eigenvalue weighted by atomic mass is 10.1. The van der Waals surface area contributed by atoms with Gasteiger partial charge in [-0.05, 0) is 30.0 Å². The molecule has 1 N–H and O–H groups in total. The predicted octanol–water partition coefficient (Wildman–Crippen LogP) is 2.75. The molecule has 1 aromatic carbocycles. The van der Waals surface area contributed by atoms with Crippen LogP contribution in [0.5, 0.6) is 0 Å². The van der Waals surface area contributed by atoms with Crippen LogP contribution in [-0.4, -0.2) is 15.6 Å². The third-order valence-electron chi connectivity index (χ3n) is 3.24. The highest BCUT2D eigenvalue weighted by Crippen LogP contribution is 2.22. The number of nitrogens with zero attached hydrogens (tertiary/aromatic N) is 1. The van der Waals surface area contributed by atoms with Gasteiger partial charge in [0.15, 0.2) is 0 Å². The van der Waals surface area contributed by atoms with Crippen molar-refractivity contribution in [3.05, 3.63) is 35.5 Å². The number of hydrogen-bond donors (Lipinski definition) is 1. The minimum atomic E-state index is -0.744. The van der Waals surface area contributed by atoms with E-state index in [1.165, 1.54) is 10.9 Å². The summed E-state index contributed by atoms with van der Waals surface area (Å²) < 4.78 is 2.09. The molecule has 1 aromatic heterocycles. The summed E-state index contributed by atoms with van der Waals surface area (Å²) in [6.07, 6.45) is 0.569. The SMILES string of the molecule is Cc1ccc2cc(CC(C)C(=O)O)n(C)c2c1. The fourth-order valence-electron chi connectivity index (χ4n) is 2.09. The molecule has 0 amide bonds. The largest absolute Gasteiger partial charge is 0.481 e. The number of aromatic nitrogens is 1. The predicted molar refractivity (Wildman–Crippen MR) is 68.2 cm³/mol. The number of rotatable bonds is 3. The zero-order valence-corrected chi connectivity index (χ0v) is 10.4. The van der Waals surface area contributed by atoms with Crippen LogP contribution < -0.4 is 0 Å². The van der Waals surface area contributed by atoms with Gasteiger partial charge in [0, 0.05) is 24.7 Å². The second-order valence-corrected chi connectivity index (χ2v) is 4.70. The number of benzene rings is 1. The van der Waals surface area contributed by atoms with Crippen molar-refractivity contribution >= 4 is 16.9 Å². The molecule has 0 aliphatic carbocycles. The molecule has 0 aliphatic rings. The smallest absolute Gasteiger partial charge is 0.306 e. The second kappa shape index (κ2) is 4.24. The third-order valence-corrected chi connectivity index (χ3v) is 3.24. The highest BCUT2D eigenvalue weighted by molar-refractivity contribution is 5.82. The summed E-state index contributed by atoms with van der Waals surface area (Å²) in [5, 5.41) is 10.1. The van der Waals surface area contributed by atoms with Crippen LogP contribution >= 0.6 is 0 Å². The molecule has 0 saturated carbocycles. The van der Waals surface area contributed by atoms with Crippen LogP contribution in [-0.2, 0) is 18.3 Å². The maximum atomic E-state index is 10.9. The molecular formula is C14H17NO2. The summed E-state index contributed by atoms with van der Waals surface area (Å²) >= 11 is 0. The normalized spacial score (nSPS) is 12.9. The van der Waals surface area contributed by atoms with Gasteiger partial charge in [0.1, 0.15) is 0 Å². The van der Waals surface area contributed by atoms with E-state index in [0.717, 1.165) is 11.2 Å². The molecular weight excluding hydrogens is 214 g/mol. The fourth-order valence-corrected chi connectivity index (χ4v) is 2.09. The van der Waals surface area contributed by atoms with Crippen LogP contribution in [0.25, 0.3) is 10.9 Å². The molecule has 0 spiro atoms. The lowest BCUT2D eigenvalue weighted by Crippen LogP contribution is -2.13. The van der Waals surface area contributed by atoms with E-state index in [4.69, 9.17) is 5.11 Å². The maximum absolute atomic E-state index is 10.9. The minimum Gasteiger partial charge on any atom is -0.481 e. The first-order valence-corrected chi connectivity index (χ1v) is 5.77. The minimum absolute atomic E-state index is 0.348. The number of aryl methyl sites for hydroxylation is 2. The molecule has 2 rings (SSSR count). The van der Waals surface area contributed by atoms with Crippen LogP contribution in [0.4, 0.5) is 0 Å². The van der Waals surface area contributed by atoms with Crippen molar-refractivity contribution in [1.29, 1.82) is 0 Å². The summed E-state index contributed by atoms with van der Waals surface area (Å²) in [6, 6.07) is 8.37. The summed E-state index contributed by atoms with van der Waals surface area (Å²) in [5.41, 5.74) is 3.45. The van der Waals surface area contributed by atoms with Gasteiger partial charge in [0.25, 0.3) is 0 Å². The van der Waals surface area contributed by atoms with E-state index in [9.17, 15) is 4.79 Å². The highest BCUT2D eigenvalue weighted by Gasteiger charge is 2.14. The Morgan fingerprint density at radius 3 is 2.76 bits per heavy atom. The van der Waals surface area contributed by atoms with E-state index in [2.05, 4.69) is 35.8 Å². The van der Waals surface area contributed by atoms with Crippen molar-refractivity contribution in [3.63, 3.8) is 0 Å². The van der Waals surface area contributed by atoms with Crippen LogP contribution in [0, 0.1) is 12.8 Å². The topological polar surface area (TPSA) is 42.2 Å². The number of carboxylic acid groups (broad SMARTS) is 1. The Hall–Kier alpha value is -1.77. The van der Waals surface area contributed by atoms with E-state index in [0.29, 0.717) is 6.42 Å². The van der Waals surface area contributed by atoms with Crippen molar-refractivity contribution in [2.75, 3.05) is 0 Å². The van der Waals surface area contributed by atoms with Gasteiger partial charge in [-0.2, -0.15) is 0 Å².